The average molecular weight is 318 g/mol. The third kappa shape index (κ3) is 2.59. The van der Waals surface area contributed by atoms with Crippen molar-refractivity contribution in [2.75, 3.05) is 10.2 Å². The first kappa shape index (κ1) is 14.0. The van der Waals surface area contributed by atoms with E-state index in [9.17, 15) is 0 Å². The summed E-state index contributed by atoms with van der Waals surface area (Å²) in [7, 11) is 1.89. The standard InChI is InChI=1S/C16H14N8/c1-22-10-14(9-18-22)23-5-6-24-15(11-23)20-16(21-24)19-13-4-2-3-12(7-13)8-17/h2-7,9-10H,11H2,1H3,(H,19,21). The number of nitriles is 1. The highest BCUT2D eigenvalue weighted by Gasteiger charge is 2.17. The highest BCUT2D eigenvalue weighted by Crippen LogP contribution is 2.22. The van der Waals surface area contributed by atoms with Crippen LogP contribution < -0.4 is 10.2 Å². The number of nitrogens with one attached hydrogen (secondary N) is 1. The van der Waals surface area contributed by atoms with Gasteiger partial charge in [-0.3, -0.25) is 4.68 Å². The van der Waals surface area contributed by atoms with Crippen molar-refractivity contribution in [1.29, 1.82) is 5.26 Å². The number of anilines is 3. The largest absolute Gasteiger partial charge is 0.336 e. The molecule has 3 aromatic rings. The first-order valence-electron chi connectivity index (χ1n) is 7.37. The lowest BCUT2D eigenvalue weighted by atomic mass is 10.2. The molecule has 3 heterocycles. The lowest BCUT2D eigenvalue weighted by molar-refractivity contribution is 0.763. The summed E-state index contributed by atoms with van der Waals surface area (Å²) in [5.41, 5.74) is 2.37. The van der Waals surface area contributed by atoms with E-state index in [1.807, 2.05) is 44.0 Å². The first-order valence-corrected chi connectivity index (χ1v) is 7.37. The summed E-state index contributed by atoms with van der Waals surface area (Å²) in [5, 5.41) is 20.7. The van der Waals surface area contributed by atoms with Crippen LogP contribution in [0.15, 0.2) is 42.9 Å². The van der Waals surface area contributed by atoms with Gasteiger partial charge in [-0.05, 0) is 18.2 Å². The van der Waals surface area contributed by atoms with Crippen LogP contribution in [0.4, 0.5) is 17.3 Å². The predicted molar refractivity (Wildman–Crippen MR) is 89.2 cm³/mol. The smallest absolute Gasteiger partial charge is 0.247 e. The highest BCUT2D eigenvalue weighted by molar-refractivity contribution is 5.57. The number of hydrogen-bond donors (Lipinski definition) is 1. The van der Waals surface area contributed by atoms with Crippen LogP contribution in [0.3, 0.4) is 0 Å². The normalized spacial score (nSPS) is 12.8. The maximum atomic E-state index is 8.97. The number of rotatable bonds is 3. The molecule has 1 aromatic carbocycles. The van der Waals surface area contributed by atoms with Crippen LogP contribution in [0, 0.1) is 11.3 Å². The third-order valence-corrected chi connectivity index (χ3v) is 3.67. The summed E-state index contributed by atoms with van der Waals surface area (Å²) in [6.45, 7) is 0.606. The molecule has 0 fully saturated rings. The van der Waals surface area contributed by atoms with E-state index in [1.54, 1.807) is 21.5 Å². The fraction of sp³-hybridized carbons (Fsp3) is 0.125. The van der Waals surface area contributed by atoms with Gasteiger partial charge >= 0.3 is 0 Å². The number of fused-ring (bicyclic) bond motifs is 1. The molecule has 8 nitrogen and oxygen atoms in total. The Balaban J connectivity index is 1.55. The Kier molecular flexibility index (Phi) is 3.24. The van der Waals surface area contributed by atoms with Crippen molar-refractivity contribution in [2.24, 2.45) is 7.05 Å². The Labute approximate surface area is 138 Å². The van der Waals surface area contributed by atoms with Crippen LogP contribution >= 0.6 is 0 Å². The van der Waals surface area contributed by atoms with Crippen molar-refractivity contribution in [3.8, 4) is 6.07 Å². The van der Waals surface area contributed by atoms with Gasteiger partial charge in [0, 0.05) is 31.3 Å². The molecule has 0 atom stereocenters. The lowest BCUT2D eigenvalue weighted by Gasteiger charge is -2.20. The van der Waals surface area contributed by atoms with E-state index in [0.717, 1.165) is 17.2 Å². The molecule has 1 N–H and O–H groups in total. The molecule has 0 bridgehead atoms. The van der Waals surface area contributed by atoms with Gasteiger partial charge in [-0.1, -0.05) is 6.07 Å². The summed E-state index contributed by atoms with van der Waals surface area (Å²) in [4.78, 5) is 6.57. The van der Waals surface area contributed by atoms with Gasteiger partial charge in [-0.15, -0.1) is 5.10 Å². The van der Waals surface area contributed by atoms with Gasteiger partial charge in [-0.2, -0.15) is 15.3 Å². The Morgan fingerprint density at radius 1 is 1.29 bits per heavy atom. The van der Waals surface area contributed by atoms with Crippen LogP contribution in [0.5, 0.6) is 0 Å². The molecule has 0 saturated carbocycles. The van der Waals surface area contributed by atoms with E-state index < -0.39 is 0 Å². The number of aryl methyl sites for hydroxylation is 1. The zero-order valence-corrected chi connectivity index (χ0v) is 13.0. The summed E-state index contributed by atoms with van der Waals surface area (Å²) in [5.74, 6) is 1.32. The van der Waals surface area contributed by atoms with E-state index in [2.05, 4.69) is 31.5 Å². The Hall–Kier alpha value is -3.60. The lowest BCUT2D eigenvalue weighted by Crippen LogP contribution is -2.21. The van der Waals surface area contributed by atoms with Gasteiger partial charge in [0.05, 0.1) is 30.1 Å². The molecule has 4 rings (SSSR count). The molecule has 0 spiro atoms. The van der Waals surface area contributed by atoms with Crippen LogP contribution in [0.1, 0.15) is 11.4 Å². The monoisotopic (exact) mass is 318 g/mol. The maximum Gasteiger partial charge on any atom is 0.247 e. The molecule has 1 aliphatic rings. The van der Waals surface area contributed by atoms with E-state index in [4.69, 9.17) is 5.26 Å². The second-order valence-corrected chi connectivity index (χ2v) is 5.41. The molecule has 1 aliphatic heterocycles. The van der Waals surface area contributed by atoms with Gasteiger partial charge in [0.1, 0.15) is 0 Å². The first-order chi connectivity index (χ1) is 11.7. The minimum Gasteiger partial charge on any atom is -0.336 e. The van der Waals surface area contributed by atoms with Gasteiger partial charge in [0.15, 0.2) is 5.82 Å². The minimum absolute atomic E-state index is 0.498. The highest BCUT2D eigenvalue weighted by atomic mass is 15.4. The molecule has 0 saturated heterocycles. The number of hydrogen-bond acceptors (Lipinski definition) is 6. The fourth-order valence-electron chi connectivity index (χ4n) is 2.51. The molecule has 0 unspecified atom stereocenters. The molecular formula is C16H14N8. The average Bonchev–Trinajstić information content (AvgIpc) is 3.19. The molecule has 0 amide bonds. The molecular weight excluding hydrogens is 304 g/mol. The molecule has 0 radical (unpaired) electrons. The topological polar surface area (TPSA) is 87.6 Å². The van der Waals surface area contributed by atoms with Gasteiger partial charge < -0.3 is 10.2 Å². The molecule has 118 valence electrons. The van der Waals surface area contributed by atoms with E-state index in [1.165, 1.54) is 0 Å². The minimum atomic E-state index is 0.498. The van der Waals surface area contributed by atoms with Gasteiger partial charge in [0.2, 0.25) is 5.95 Å². The summed E-state index contributed by atoms with van der Waals surface area (Å²) >= 11 is 0. The number of aromatic nitrogens is 5. The van der Waals surface area contributed by atoms with Crippen LogP contribution in [-0.2, 0) is 13.6 Å². The Morgan fingerprint density at radius 2 is 2.21 bits per heavy atom. The van der Waals surface area contributed by atoms with E-state index >= 15 is 0 Å². The quantitative estimate of drug-likeness (QED) is 0.795. The van der Waals surface area contributed by atoms with Crippen molar-refractivity contribution in [3.05, 3.63) is 54.2 Å². The zero-order valence-electron chi connectivity index (χ0n) is 13.0. The third-order valence-electron chi connectivity index (χ3n) is 3.67. The fourth-order valence-corrected chi connectivity index (χ4v) is 2.51. The summed E-state index contributed by atoms with van der Waals surface area (Å²) in [6.07, 6.45) is 7.56. The van der Waals surface area contributed by atoms with Crippen molar-refractivity contribution in [3.63, 3.8) is 0 Å². The van der Waals surface area contributed by atoms with Crippen molar-refractivity contribution in [1.82, 2.24) is 24.5 Å². The van der Waals surface area contributed by atoms with E-state index in [-0.39, 0.29) is 0 Å². The van der Waals surface area contributed by atoms with Gasteiger partial charge in [-0.25, -0.2) is 4.68 Å². The molecule has 24 heavy (non-hydrogen) atoms. The Bertz CT molecular complexity index is 959. The molecule has 8 heteroatoms. The van der Waals surface area contributed by atoms with Crippen LogP contribution in [0.25, 0.3) is 6.20 Å². The predicted octanol–water partition coefficient (Wildman–Crippen LogP) is 2.08. The number of nitrogens with zero attached hydrogens (tertiary/aromatic N) is 7. The van der Waals surface area contributed by atoms with Crippen molar-refractivity contribution in [2.45, 2.75) is 6.54 Å². The van der Waals surface area contributed by atoms with Crippen molar-refractivity contribution >= 4 is 23.5 Å². The zero-order chi connectivity index (χ0) is 16.5. The van der Waals surface area contributed by atoms with Gasteiger partial charge in [0.25, 0.3) is 0 Å². The van der Waals surface area contributed by atoms with Crippen LogP contribution in [0.2, 0.25) is 0 Å². The SMILES string of the molecule is Cn1cc(N2C=Cn3nc(Nc4cccc(C#N)c4)nc3C2)cn1. The second kappa shape index (κ2) is 5.55. The molecule has 2 aromatic heterocycles. The maximum absolute atomic E-state index is 8.97. The number of benzene rings is 1. The molecule has 0 aliphatic carbocycles. The van der Waals surface area contributed by atoms with E-state index in [0.29, 0.717) is 18.1 Å². The summed E-state index contributed by atoms with van der Waals surface area (Å²) in [6, 6.07) is 9.33. The van der Waals surface area contributed by atoms with Crippen molar-refractivity contribution < 1.29 is 0 Å². The summed E-state index contributed by atoms with van der Waals surface area (Å²) < 4.78 is 3.50. The Morgan fingerprint density at radius 3 is 3.00 bits per heavy atom. The van der Waals surface area contributed by atoms with Crippen LogP contribution in [-0.4, -0.2) is 24.5 Å². The second-order valence-electron chi connectivity index (χ2n) is 5.41.